The predicted molar refractivity (Wildman–Crippen MR) is 131 cm³/mol. The maximum Gasteiger partial charge on any atom is 0.420 e. The molecule has 3 aromatic rings. The Morgan fingerprint density at radius 1 is 1.16 bits per heavy atom. The minimum atomic E-state index is -4.82. The molecule has 0 bridgehead atoms. The Bertz CT molecular complexity index is 1360. The molecule has 2 amide bonds. The van der Waals surface area contributed by atoms with Crippen LogP contribution in [-0.4, -0.2) is 36.9 Å². The number of rotatable bonds is 8. The topological polar surface area (TPSA) is 133 Å². The molecule has 0 spiro atoms. The summed E-state index contributed by atoms with van der Waals surface area (Å²) in [5, 5.41) is 14.7. The number of carbonyl (C=O) groups excluding carboxylic acids is 2. The third-order valence-electron chi connectivity index (χ3n) is 4.74. The van der Waals surface area contributed by atoms with Gasteiger partial charge in [0.1, 0.15) is 44.9 Å². The van der Waals surface area contributed by atoms with Crippen molar-refractivity contribution in [2.24, 2.45) is 0 Å². The van der Waals surface area contributed by atoms with Gasteiger partial charge in [-0.3, -0.25) is 9.59 Å². The third kappa shape index (κ3) is 6.67. The highest BCUT2D eigenvalue weighted by Crippen LogP contribution is 2.36. The SMILES string of the molecule is C=C(C)N(/C=C\C)c1cc(C(=O)N[C@H](C)c2ncc(C(=O)Nc3cc(C(F)(F)F)c(O)cn3)s2)ncn1. The summed E-state index contributed by atoms with van der Waals surface area (Å²) in [5.41, 5.74) is -0.549. The summed E-state index contributed by atoms with van der Waals surface area (Å²) in [6.07, 6.45) is 1.80. The lowest BCUT2D eigenvalue weighted by atomic mass is 10.2. The van der Waals surface area contributed by atoms with Crippen LogP contribution in [0.3, 0.4) is 0 Å². The van der Waals surface area contributed by atoms with Crippen LogP contribution in [0, 0.1) is 0 Å². The van der Waals surface area contributed by atoms with E-state index in [0.717, 1.165) is 11.3 Å². The van der Waals surface area contributed by atoms with Crippen LogP contribution in [0.4, 0.5) is 24.8 Å². The third-order valence-corrected chi connectivity index (χ3v) is 5.92. The number of allylic oxidation sites excluding steroid dienone is 2. The van der Waals surface area contributed by atoms with Crippen molar-refractivity contribution in [3.8, 4) is 5.75 Å². The first-order valence-corrected chi connectivity index (χ1v) is 11.5. The number of alkyl halides is 3. The molecular formula is C23H22F3N7O3S. The van der Waals surface area contributed by atoms with Gasteiger partial charge in [-0.2, -0.15) is 13.2 Å². The summed E-state index contributed by atoms with van der Waals surface area (Å²) in [4.78, 5) is 42.9. The first kappa shape index (κ1) is 27.3. The minimum absolute atomic E-state index is 0.0762. The van der Waals surface area contributed by atoms with Gasteiger partial charge >= 0.3 is 6.18 Å². The second-order valence-electron chi connectivity index (χ2n) is 7.65. The maximum absolute atomic E-state index is 13.0. The zero-order valence-electron chi connectivity index (χ0n) is 19.9. The van der Waals surface area contributed by atoms with Gasteiger partial charge in [0.05, 0.1) is 18.4 Å². The Balaban J connectivity index is 1.70. The van der Waals surface area contributed by atoms with Gasteiger partial charge in [-0.05, 0) is 26.8 Å². The summed E-state index contributed by atoms with van der Waals surface area (Å²) >= 11 is 0.938. The van der Waals surface area contributed by atoms with Crippen molar-refractivity contribution >= 4 is 34.8 Å². The standard InChI is InChI=1S/C23H22F3N7O3S/c1-5-6-33(12(2)3)19-8-15(29-11-30-19)20(35)31-13(4)22-28-10-17(37-22)21(36)32-18-7-14(23(24,25)26)16(34)9-27-18/h5-11,13,34H,2H2,1,3-4H3,(H,31,35)(H,27,32,36)/b6-5-/t13-/m1/s1. The zero-order valence-corrected chi connectivity index (χ0v) is 20.7. The molecule has 37 heavy (non-hydrogen) atoms. The monoisotopic (exact) mass is 533 g/mol. The van der Waals surface area contributed by atoms with E-state index in [-0.39, 0.29) is 10.6 Å². The van der Waals surface area contributed by atoms with Gasteiger partial charge in [-0.25, -0.2) is 19.9 Å². The van der Waals surface area contributed by atoms with Crippen LogP contribution in [0.5, 0.6) is 5.75 Å². The largest absolute Gasteiger partial charge is 0.506 e. The Hall–Kier alpha value is -4.33. The van der Waals surface area contributed by atoms with Crippen LogP contribution in [0.25, 0.3) is 0 Å². The molecule has 0 fully saturated rings. The Morgan fingerprint density at radius 3 is 2.54 bits per heavy atom. The van der Waals surface area contributed by atoms with E-state index < -0.39 is 41.2 Å². The fraction of sp³-hybridized carbons (Fsp3) is 0.217. The molecule has 10 nitrogen and oxygen atoms in total. The second kappa shape index (κ2) is 11.2. The number of aromatic hydroxyl groups is 1. The van der Waals surface area contributed by atoms with Crippen molar-refractivity contribution in [3.05, 3.63) is 76.5 Å². The van der Waals surface area contributed by atoms with Crippen LogP contribution in [0.1, 0.15) is 57.5 Å². The number of aromatic nitrogens is 4. The van der Waals surface area contributed by atoms with Crippen LogP contribution in [0.15, 0.2) is 55.4 Å². The van der Waals surface area contributed by atoms with E-state index in [2.05, 4.69) is 37.1 Å². The lowest BCUT2D eigenvalue weighted by molar-refractivity contribution is -0.138. The molecule has 0 radical (unpaired) electrons. The average molecular weight is 534 g/mol. The van der Waals surface area contributed by atoms with E-state index in [4.69, 9.17) is 0 Å². The van der Waals surface area contributed by atoms with Crippen molar-refractivity contribution in [1.29, 1.82) is 0 Å². The highest BCUT2D eigenvalue weighted by Gasteiger charge is 2.34. The summed E-state index contributed by atoms with van der Waals surface area (Å²) in [5.74, 6) is -2.26. The Morgan fingerprint density at radius 2 is 1.89 bits per heavy atom. The van der Waals surface area contributed by atoms with Gasteiger partial charge < -0.3 is 20.6 Å². The Labute approximate surface area is 213 Å². The molecule has 1 atom stereocenters. The number of nitrogens with zero attached hydrogens (tertiary/aromatic N) is 5. The summed E-state index contributed by atoms with van der Waals surface area (Å²) in [6, 6.07) is 1.41. The van der Waals surface area contributed by atoms with Crippen molar-refractivity contribution in [2.75, 3.05) is 10.2 Å². The number of nitrogens with one attached hydrogen (secondary N) is 2. The number of amides is 2. The molecule has 0 aliphatic carbocycles. The molecule has 3 heterocycles. The van der Waals surface area contributed by atoms with Crippen molar-refractivity contribution < 1.29 is 27.9 Å². The summed E-state index contributed by atoms with van der Waals surface area (Å²) in [7, 11) is 0. The number of hydrogen-bond acceptors (Lipinski definition) is 9. The van der Waals surface area contributed by atoms with Crippen LogP contribution in [0.2, 0.25) is 0 Å². The molecule has 0 aliphatic rings. The van der Waals surface area contributed by atoms with E-state index >= 15 is 0 Å². The van der Waals surface area contributed by atoms with Crippen molar-refractivity contribution in [2.45, 2.75) is 33.0 Å². The number of carbonyl (C=O) groups is 2. The molecule has 14 heteroatoms. The van der Waals surface area contributed by atoms with Gasteiger partial charge in [0, 0.05) is 18.0 Å². The lowest BCUT2D eigenvalue weighted by Gasteiger charge is -2.19. The Kier molecular flexibility index (Phi) is 8.22. The summed E-state index contributed by atoms with van der Waals surface area (Å²) < 4.78 is 38.9. The van der Waals surface area contributed by atoms with E-state index in [1.165, 1.54) is 18.6 Å². The molecule has 0 aliphatic heterocycles. The second-order valence-corrected chi connectivity index (χ2v) is 8.71. The molecule has 0 unspecified atom stereocenters. The van der Waals surface area contributed by atoms with Crippen molar-refractivity contribution in [1.82, 2.24) is 25.3 Å². The van der Waals surface area contributed by atoms with Crippen LogP contribution in [-0.2, 0) is 6.18 Å². The average Bonchev–Trinajstić information content (AvgIpc) is 3.33. The molecule has 3 N–H and O–H groups in total. The highest BCUT2D eigenvalue weighted by molar-refractivity contribution is 7.13. The predicted octanol–water partition coefficient (Wildman–Crippen LogP) is 4.67. The number of halogens is 3. The highest BCUT2D eigenvalue weighted by atomic mass is 32.1. The minimum Gasteiger partial charge on any atom is -0.506 e. The lowest BCUT2D eigenvalue weighted by Crippen LogP contribution is -2.28. The number of thiazole rings is 1. The van der Waals surface area contributed by atoms with E-state index in [1.54, 1.807) is 31.0 Å². The van der Waals surface area contributed by atoms with Gasteiger partial charge in [0.2, 0.25) is 0 Å². The fourth-order valence-electron chi connectivity index (χ4n) is 3.00. The normalized spacial score (nSPS) is 12.3. The number of hydrogen-bond donors (Lipinski definition) is 3. The fourth-order valence-corrected chi connectivity index (χ4v) is 3.81. The molecule has 0 saturated carbocycles. The number of pyridine rings is 1. The molecule has 3 rings (SSSR count). The quantitative estimate of drug-likeness (QED) is 0.381. The van der Waals surface area contributed by atoms with Crippen LogP contribution >= 0.6 is 11.3 Å². The molecule has 0 saturated heterocycles. The molecular weight excluding hydrogens is 511 g/mol. The van der Waals surface area contributed by atoms with Gasteiger partial charge in [-0.15, -0.1) is 11.3 Å². The first-order chi connectivity index (χ1) is 17.4. The van der Waals surface area contributed by atoms with Gasteiger partial charge in [0.25, 0.3) is 11.8 Å². The van der Waals surface area contributed by atoms with Gasteiger partial charge in [-0.1, -0.05) is 12.7 Å². The molecule has 0 aromatic carbocycles. The maximum atomic E-state index is 13.0. The molecule has 194 valence electrons. The molecule has 3 aromatic heterocycles. The van der Waals surface area contributed by atoms with E-state index in [9.17, 15) is 27.9 Å². The smallest absolute Gasteiger partial charge is 0.420 e. The van der Waals surface area contributed by atoms with Crippen LogP contribution < -0.4 is 15.5 Å². The van der Waals surface area contributed by atoms with Gasteiger partial charge in [0.15, 0.2) is 0 Å². The van der Waals surface area contributed by atoms with Crippen molar-refractivity contribution in [3.63, 3.8) is 0 Å². The number of anilines is 2. The van der Waals surface area contributed by atoms with E-state index in [1.807, 2.05) is 6.92 Å². The summed E-state index contributed by atoms with van der Waals surface area (Å²) in [6.45, 7) is 9.15. The first-order valence-electron chi connectivity index (χ1n) is 10.6. The zero-order chi connectivity index (χ0) is 27.3. The van der Waals surface area contributed by atoms with E-state index in [0.29, 0.717) is 28.8 Å².